The number of fused-ring (bicyclic) bond motifs is 1. The molecule has 0 atom stereocenters. The second-order valence-corrected chi connectivity index (χ2v) is 6.63. The second kappa shape index (κ2) is 7.15. The zero-order valence-corrected chi connectivity index (χ0v) is 15.3. The normalized spacial score (nSPS) is 15.3. The molecule has 0 aliphatic carbocycles. The van der Waals surface area contributed by atoms with Gasteiger partial charge in [-0.25, -0.2) is 0 Å². The van der Waals surface area contributed by atoms with Crippen LogP contribution in [0.1, 0.15) is 12.1 Å². The van der Waals surface area contributed by atoms with Crippen molar-refractivity contribution >= 4 is 35.1 Å². The number of aromatic amines is 1. The highest BCUT2D eigenvalue weighted by Gasteiger charge is 2.25. The third kappa shape index (κ3) is 2.99. The molecule has 5 rings (SSSR count). The van der Waals surface area contributed by atoms with Crippen LogP contribution >= 0.6 is 0 Å². The van der Waals surface area contributed by atoms with Gasteiger partial charge in [0.1, 0.15) is 12.4 Å². The van der Waals surface area contributed by atoms with Gasteiger partial charge in [0.2, 0.25) is 5.95 Å². The Labute approximate surface area is 163 Å². The minimum absolute atomic E-state index is 0.526. The Morgan fingerprint density at radius 3 is 2.25 bits per heavy atom. The van der Waals surface area contributed by atoms with Gasteiger partial charge in [0.15, 0.2) is 5.82 Å². The van der Waals surface area contributed by atoms with Gasteiger partial charge in [0.05, 0.1) is 5.71 Å². The van der Waals surface area contributed by atoms with Crippen molar-refractivity contribution in [1.82, 2.24) is 9.97 Å². The van der Waals surface area contributed by atoms with Crippen molar-refractivity contribution in [3.63, 3.8) is 0 Å². The average Bonchev–Trinajstić information content (AvgIpc) is 3.20. The smallest absolute Gasteiger partial charge is 0.214 e. The van der Waals surface area contributed by atoms with Gasteiger partial charge in [-0.1, -0.05) is 36.4 Å². The van der Waals surface area contributed by atoms with E-state index in [4.69, 9.17) is 9.98 Å². The van der Waals surface area contributed by atoms with E-state index < -0.39 is 0 Å². The van der Waals surface area contributed by atoms with Crippen LogP contribution in [0.25, 0.3) is 0 Å². The highest BCUT2D eigenvalue weighted by Crippen LogP contribution is 2.35. The van der Waals surface area contributed by atoms with Gasteiger partial charge in [0, 0.05) is 24.1 Å². The molecule has 28 heavy (non-hydrogen) atoms. The molecule has 0 bridgehead atoms. The summed E-state index contributed by atoms with van der Waals surface area (Å²) in [6.07, 6.45) is 4.80. The van der Waals surface area contributed by atoms with E-state index in [-0.39, 0.29) is 0 Å². The first-order valence-corrected chi connectivity index (χ1v) is 9.38. The Hall–Kier alpha value is -3.67. The molecule has 1 aromatic heterocycles. The molecule has 0 unspecified atom stereocenters. The minimum atomic E-state index is 0.526. The second-order valence-electron chi connectivity index (χ2n) is 6.63. The van der Waals surface area contributed by atoms with Crippen LogP contribution in [-0.2, 0) is 0 Å². The lowest BCUT2D eigenvalue weighted by atomic mass is 10.0. The van der Waals surface area contributed by atoms with E-state index in [9.17, 15) is 0 Å². The van der Waals surface area contributed by atoms with Crippen LogP contribution < -0.4 is 10.2 Å². The Kier molecular flexibility index (Phi) is 4.21. The lowest BCUT2D eigenvalue weighted by molar-refractivity contribution is 0.967. The summed E-state index contributed by atoms with van der Waals surface area (Å²) in [6, 6.07) is 20.5. The maximum atomic E-state index is 4.87. The molecule has 0 saturated carbocycles. The largest absolute Gasteiger partial charge is 0.349 e. The fourth-order valence-corrected chi connectivity index (χ4v) is 3.53. The number of aromatic nitrogens is 2. The molecule has 138 valence electrons. The summed E-state index contributed by atoms with van der Waals surface area (Å²) in [6.45, 7) is 1.33. The topological polar surface area (TPSA) is 68.7 Å². The number of hydrogen-bond donors (Lipinski definition) is 2. The number of aliphatic imine (C=N–C) groups is 2. The van der Waals surface area contributed by atoms with Gasteiger partial charge >= 0.3 is 0 Å². The monoisotopic (exact) mass is 368 g/mol. The number of nitrogens with zero attached hydrogens (tertiary/aromatic N) is 4. The molecule has 0 saturated heterocycles. The van der Waals surface area contributed by atoms with E-state index in [0.29, 0.717) is 6.67 Å². The summed E-state index contributed by atoms with van der Waals surface area (Å²) >= 11 is 0. The third-order valence-corrected chi connectivity index (χ3v) is 4.85. The summed E-state index contributed by atoms with van der Waals surface area (Å²) in [5.41, 5.74) is 5.18. The van der Waals surface area contributed by atoms with E-state index in [1.807, 2.05) is 48.7 Å². The van der Waals surface area contributed by atoms with Gasteiger partial charge in [-0.05, 0) is 42.3 Å². The number of rotatable bonds is 4. The van der Waals surface area contributed by atoms with Crippen molar-refractivity contribution in [2.75, 3.05) is 23.4 Å². The van der Waals surface area contributed by atoms with Crippen molar-refractivity contribution < 1.29 is 0 Å². The number of nitrogens with one attached hydrogen (secondary N) is 2. The van der Waals surface area contributed by atoms with Gasteiger partial charge in [-0.2, -0.15) is 4.98 Å². The Balaban J connectivity index is 1.60. The summed E-state index contributed by atoms with van der Waals surface area (Å²) in [7, 11) is 0. The molecule has 6 nitrogen and oxygen atoms in total. The molecule has 3 aromatic rings. The Morgan fingerprint density at radius 2 is 1.61 bits per heavy atom. The first kappa shape index (κ1) is 16.5. The number of dihydropyridines is 1. The van der Waals surface area contributed by atoms with E-state index in [1.54, 1.807) is 0 Å². The molecular weight excluding hydrogens is 348 g/mol. The summed E-state index contributed by atoms with van der Waals surface area (Å²) in [5.74, 6) is 1.59. The van der Waals surface area contributed by atoms with Crippen molar-refractivity contribution in [1.29, 1.82) is 0 Å². The highest BCUT2D eigenvalue weighted by molar-refractivity contribution is 6.16. The molecule has 0 amide bonds. The molecule has 3 heterocycles. The maximum absolute atomic E-state index is 4.87. The fourth-order valence-electron chi connectivity index (χ4n) is 3.53. The van der Waals surface area contributed by atoms with Crippen molar-refractivity contribution in [2.24, 2.45) is 9.98 Å². The number of H-pyrrole nitrogens is 1. The van der Waals surface area contributed by atoms with Crippen LogP contribution in [-0.4, -0.2) is 35.1 Å². The molecule has 6 heteroatoms. The van der Waals surface area contributed by atoms with Crippen molar-refractivity contribution in [2.45, 2.75) is 6.42 Å². The fraction of sp³-hybridized carbons (Fsp3) is 0.136. The predicted molar refractivity (Wildman–Crippen MR) is 114 cm³/mol. The molecule has 2 N–H and O–H groups in total. The van der Waals surface area contributed by atoms with Crippen LogP contribution in [0.15, 0.2) is 82.3 Å². The lowest BCUT2D eigenvalue weighted by Gasteiger charge is -2.22. The van der Waals surface area contributed by atoms with Crippen LogP contribution in [0.5, 0.6) is 0 Å². The Bertz CT molecular complexity index is 1020. The number of imidazole rings is 1. The van der Waals surface area contributed by atoms with Gasteiger partial charge in [-0.3, -0.25) is 14.9 Å². The average molecular weight is 368 g/mol. The van der Waals surface area contributed by atoms with Gasteiger partial charge in [0.25, 0.3) is 0 Å². The van der Waals surface area contributed by atoms with Crippen LogP contribution in [0, 0.1) is 0 Å². The number of allylic oxidation sites excluding steroid dienone is 1. The molecule has 2 aliphatic rings. The summed E-state index contributed by atoms with van der Waals surface area (Å²) in [5, 5.41) is 3.29. The van der Waals surface area contributed by atoms with Gasteiger partial charge < -0.3 is 10.3 Å². The molecule has 2 aliphatic heterocycles. The standard InChI is InChI=1S/C22H20N6/c1-3-7-17(8-4-1)28(18-9-5-2-6-10-18)22-26-20-19(16-11-13-23-14-12-16)24-15-25-21(20)27-22/h1-11,13,25H,12,14-15H2,(H,26,27). The first-order chi connectivity index (χ1) is 13.9. The molecular formula is C22H20N6. The minimum Gasteiger partial charge on any atom is -0.349 e. The Morgan fingerprint density at radius 1 is 0.893 bits per heavy atom. The summed E-state index contributed by atoms with van der Waals surface area (Å²) < 4.78 is 0. The quantitative estimate of drug-likeness (QED) is 0.715. The van der Waals surface area contributed by atoms with Crippen LogP contribution in [0.3, 0.4) is 0 Å². The van der Waals surface area contributed by atoms with Gasteiger partial charge in [-0.15, -0.1) is 0 Å². The maximum Gasteiger partial charge on any atom is 0.214 e. The van der Waals surface area contributed by atoms with Crippen LogP contribution in [0.2, 0.25) is 0 Å². The first-order valence-electron chi connectivity index (χ1n) is 9.38. The third-order valence-electron chi connectivity index (χ3n) is 4.85. The zero-order valence-electron chi connectivity index (χ0n) is 15.3. The van der Waals surface area contributed by atoms with E-state index in [2.05, 4.69) is 44.5 Å². The zero-order chi connectivity index (χ0) is 18.8. The number of anilines is 4. The van der Waals surface area contributed by atoms with Crippen LogP contribution in [0.4, 0.5) is 23.1 Å². The summed E-state index contributed by atoms with van der Waals surface area (Å²) in [4.78, 5) is 19.5. The number of para-hydroxylation sites is 2. The van der Waals surface area contributed by atoms with E-state index in [1.165, 1.54) is 5.57 Å². The SMILES string of the molecule is C1=NCCC(C2=NCNc3nc(N(c4ccccc4)c4ccccc4)[nH]c32)=C1. The van der Waals surface area contributed by atoms with Crippen molar-refractivity contribution in [3.05, 3.63) is 78.0 Å². The van der Waals surface area contributed by atoms with E-state index >= 15 is 0 Å². The highest BCUT2D eigenvalue weighted by atomic mass is 15.3. The van der Waals surface area contributed by atoms with Crippen molar-refractivity contribution in [3.8, 4) is 0 Å². The predicted octanol–water partition coefficient (Wildman–Crippen LogP) is 4.45. The molecule has 0 radical (unpaired) electrons. The molecule has 2 aromatic carbocycles. The number of benzene rings is 2. The lowest BCUT2D eigenvalue weighted by Crippen LogP contribution is -2.19. The number of hydrogen-bond acceptors (Lipinski definition) is 5. The molecule has 0 spiro atoms. The van der Waals surface area contributed by atoms with E-state index in [0.717, 1.165) is 47.5 Å². The molecule has 0 fully saturated rings.